The second-order valence-electron chi connectivity index (χ2n) is 26.4. The SMILES string of the molecule is CCC(C)CCCCCCCCC(=O)OC[C@H](COP(=O)(O)OC[C@H](O)COP(=O)(O)OC[C@@H](COC(=O)CCCCCCCCC(C)CC)OC(=O)CCCCCCCCCCCC(C)C)OC(=O)CCCCCCCCCCCCCCCC(C)C. The third-order valence-electron chi connectivity index (χ3n) is 16.5. The number of aliphatic hydroxyl groups excluding tert-OH is 1. The lowest BCUT2D eigenvalue weighted by Gasteiger charge is -2.21. The van der Waals surface area contributed by atoms with Crippen molar-refractivity contribution in [2.45, 2.75) is 356 Å². The molecule has 0 aromatic carbocycles. The molecule has 0 aromatic heterocycles. The molecule has 4 unspecified atom stereocenters. The van der Waals surface area contributed by atoms with Crippen molar-refractivity contribution in [2.24, 2.45) is 23.7 Å². The number of esters is 4. The van der Waals surface area contributed by atoms with Crippen molar-refractivity contribution in [1.82, 2.24) is 0 Å². The van der Waals surface area contributed by atoms with Crippen LogP contribution in [0.5, 0.6) is 0 Å². The fraction of sp³-hybridized carbons (Fsp3) is 0.942. The molecule has 0 aliphatic rings. The maximum atomic E-state index is 13.0. The molecule has 0 aliphatic carbocycles. The molecule has 3 N–H and O–H groups in total. The summed E-state index contributed by atoms with van der Waals surface area (Å²) in [5, 5.41) is 10.6. The van der Waals surface area contributed by atoms with Gasteiger partial charge in [-0.25, -0.2) is 9.13 Å². The van der Waals surface area contributed by atoms with E-state index in [1.165, 1.54) is 128 Å². The minimum Gasteiger partial charge on any atom is -0.462 e. The van der Waals surface area contributed by atoms with E-state index in [0.717, 1.165) is 126 Å². The van der Waals surface area contributed by atoms with Crippen LogP contribution < -0.4 is 0 Å². The standard InChI is InChI=1S/C69H134O17P2/c1-9-61(7)47-39-31-25-27-33-41-49-66(71)79-55-64(85-68(73)51-43-35-23-19-15-13-11-12-14-17-21-29-37-45-59(3)4)57-83-87(75,76)81-53-63(70)54-82-88(77,78)84-58-65(56-80-67(72)50-42-34-28-26-32-40-48-62(8)10-2)86-69(74)52-44-36-24-20-16-18-22-30-38-46-60(5)6/h59-65,70H,9-58H2,1-8H3,(H,75,76)(H,77,78)/t61?,62?,63-,64+,65+/m0/s1. The maximum absolute atomic E-state index is 13.0. The van der Waals surface area contributed by atoms with Gasteiger partial charge in [0.15, 0.2) is 12.2 Å². The van der Waals surface area contributed by atoms with Crippen LogP contribution in [0.25, 0.3) is 0 Å². The molecule has 0 aliphatic heterocycles. The summed E-state index contributed by atoms with van der Waals surface area (Å²) in [4.78, 5) is 72.5. The van der Waals surface area contributed by atoms with Crippen LogP contribution in [0.2, 0.25) is 0 Å². The predicted molar refractivity (Wildman–Crippen MR) is 354 cm³/mol. The van der Waals surface area contributed by atoms with Crippen LogP contribution in [0.1, 0.15) is 338 Å². The Morgan fingerprint density at radius 1 is 0.318 bits per heavy atom. The van der Waals surface area contributed by atoms with Gasteiger partial charge in [-0.1, -0.05) is 287 Å². The number of aliphatic hydroxyl groups is 1. The van der Waals surface area contributed by atoms with E-state index in [2.05, 4.69) is 55.4 Å². The van der Waals surface area contributed by atoms with Gasteiger partial charge in [0.25, 0.3) is 0 Å². The van der Waals surface area contributed by atoms with Gasteiger partial charge in [0.2, 0.25) is 0 Å². The van der Waals surface area contributed by atoms with Gasteiger partial charge in [-0.3, -0.25) is 37.3 Å². The first kappa shape index (κ1) is 86.1. The average molecular weight is 1300 g/mol. The van der Waals surface area contributed by atoms with E-state index in [9.17, 15) is 43.2 Å². The van der Waals surface area contributed by atoms with E-state index in [1.54, 1.807) is 0 Å². The Labute approximate surface area is 537 Å². The lowest BCUT2D eigenvalue weighted by Crippen LogP contribution is -2.30. The number of rotatable bonds is 66. The van der Waals surface area contributed by atoms with Gasteiger partial charge in [0, 0.05) is 25.7 Å². The summed E-state index contributed by atoms with van der Waals surface area (Å²) in [6.45, 7) is 14.1. The quantitative estimate of drug-likeness (QED) is 0.0222. The molecule has 0 saturated carbocycles. The molecule has 0 aromatic rings. The van der Waals surface area contributed by atoms with Crippen molar-refractivity contribution in [3.05, 3.63) is 0 Å². The van der Waals surface area contributed by atoms with Gasteiger partial charge in [-0.2, -0.15) is 0 Å². The highest BCUT2D eigenvalue weighted by Gasteiger charge is 2.30. The molecule has 522 valence electrons. The molecule has 0 fully saturated rings. The highest BCUT2D eigenvalue weighted by molar-refractivity contribution is 7.47. The van der Waals surface area contributed by atoms with Gasteiger partial charge in [-0.05, 0) is 49.4 Å². The first-order valence-corrected chi connectivity index (χ1v) is 38.8. The average Bonchev–Trinajstić information content (AvgIpc) is 3.49. The van der Waals surface area contributed by atoms with Crippen LogP contribution >= 0.6 is 15.6 Å². The van der Waals surface area contributed by atoms with Crippen LogP contribution in [0.15, 0.2) is 0 Å². The molecule has 88 heavy (non-hydrogen) atoms. The van der Waals surface area contributed by atoms with Gasteiger partial charge in [0.1, 0.15) is 19.3 Å². The molecular weight excluding hydrogens is 1160 g/mol. The monoisotopic (exact) mass is 1300 g/mol. The highest BCUT2D eigenvalue weighted by Crippen LogP contribution is 2.45. The summed E-state index contributed by atoms with van der Waals surface area (Å²) in [5.74, 6) is 0.852. The molecular formula is C69H134O17P2. The number of ether oxygens (including phenoxy) is 4. The zero-order chi connectivity index (χ0) is 65.4. The van der Waals surface area contributed by atoms with Crippen LogP contribution in [0, 0.1) is 23.7 Å². The van der Waals surface area contributed by atoms with E-state index in [-0.39, 0.29) is 25.7 Å². The number of hydrogen-bond donors (Lipinski definition) is 3. The van der Waals surface area contributed by atoms with E-state index in [4.69, 9.17) is 37.0 Å². The molecule has 0 rings (SSSR count). The summed E-state index contributed by atoms with van der Waals surface area (Å²) in [6.07, 6.45) is 40.4. The minimum atomic E-state index is -4.95. The second kappa shape index (κ2) is 58.8. The normalized spacial score (nSPS) is 14.9. The Bertz CT molecular complexity index is 1750. The van der Waals surface area contributed by atoms with Crippen LogP contribution in [0.3, 0.4) is 0 Å². The molecule has 0 bridgehead atoms. The molecule has 0 heterocycles. The van der Waals surface area contributed by atoms with Crippen molar-refractivity contribution in [1.29, 1.82) is 0 Å². The summed E-state index contributed by atoms with van der Waals surface area (Å²) in [7, 11) is -9.90. The van der Waals surface area contributed by atoms with Crippen molar-refractivity contribution >= 4 is 39.5 Å². The number of phosphoric acid groups is 2. The topological polar surface area (TPSA) is 237 Å². The Balaban J connectivity index is 5.25. The van der Waals surface area contributed by atoms with Crippen molar-refractivity contribution in [3.63, 3.8) is 0 Å². The molecule has 0 spiro atoms. The van der Waals surface area contributed by atoms with Crippen LogP contribution in [0.4, 0.5) is 0 Å². The molecule has 0 amide bonds. The third kappa shape index (κ3) is 60.3. The molecule has 0 radical (unpaired) electrons. The number of unbranched alkanes of at least 4 members (excludes halogenated alkanes) is 30. The Hall–Kier alpha value is -1.94. The number of hydrogen-bond acceptors (Lipinski definition) is 15. The first-order valence-electron chi connectivity index (χ1n) is 35.8. The summed E-state index contributed by atoms with van der Waals surface area (Å²) in [5.41, 5.74) is 0. The van der Waals surface area contributed by atoms with Gasteiger partial charge < -0.3 is 33.8 Å². The molecule has 17 nitrogen and oxygen atoms in total. The highest BCUT2D eigenvalue weighted by atomic mass is 31.2. The van der Waals surface area contributed by atoms with E-state index < -0.39 is 97.5 Å². The molecule has 0 saturated heterocycles. The zero-order valence-electron chi connectivity index (χ0n) is 57.3. The van der Waals surface area contributed by atoms with Crippen LogP contribution in [-0.2, 0) is 65.4 Å². The van der Waals surface area contributed by atoms with Crippen molar-refractivity contribution in [3.8, 4) is 0 Å². The first-order chi connectivity index (χ1) is 42.2. The number of carbonyl (C=O) groups excluding carboxylic acids is 4. The Kier molecular flexibility index (Phi) is 57.6. The largest absolute Gasteiger partial charge is 0.472 e. The van der Waals surface area contributed by atoms with Gasteiger partial charge in [-0.15, -0.1) is 0 Å². The third-order valence-corrected chi connectivity index (χ3v) is 18.4. The fourth-order valence-electron chi connectivity index (χ4n) is 10.2. The fourth-order valence-corrected chi connectivity index (χ4v) is 11.8. The maximum Gasteiger partial charge on any atom is 0.472 e. The van der Waals surface area contributed by atoms with Crippen molar-refractivity contribution in [2.75, 3.05) is 39.6 Å². The molecule has 7 atom stereocenters. The lowest BCUT2D eigenvalue weighted by molar-refractivity contribution is -0.161. The van der Waals surface area contributed by atoms with Gasteiger partial charge >= 0.3 is 39.5 Å². The smallest absolute Gasteiger partial charge is 0.462 e. The Morgan fingerprint density at radius 2 is 0.545 bits per heavy atom. The van der Waals surface area contributed by atoms with Gasteiger partial charge in [0.05, 0.1) is 26.4 Å². The summed E-state index contributed by atoms with van der Waals surface area (Å²) < 4.78 is 68.2. The van der Waals surface area contributed by atoms with Crippen LogP contribution in [-0.4, -0.2) is 96.7 Å². The summed E-state index contributed by atoms with van der Waals surface area (Å²) in [6, 6.07) is 0. The zero-order valence-corrected chi connectivity index (χ0v) is 59.1. The number of carbonyl (C=O) groups is 4. The minimum absolute atomic E-state index is 0.104. The van der Waals surface area contributed by atoms with E-state index in [1.807, 2.05) is 0 Å². The summed E-state index contributed by atoms with van der Waals surface area (Å²) >= 11 is 0. The van der Waals surface area contributed by atoms with Crippen molar-refractivity contribution < 1.29 is 80.2 Å². The van der Waals surface area contributed by atoms with E-state index in [0.29, 0.717) is 25.7 Å². The van der Waals surface area contributed by atoms with E-state index >= 15 is 0 Å². The predicted octanol–water partition coefficient (Wildman–Crippen LogP) is 19.3. The number of phosphoric ester groups is 2. The molecule has 19 heteroatoms. The second-order valence-corrected chi connectivity index (χ2v) is 29.3. The Morgan fingerprint density at radius 3 is 0.807 bits per heavy atom. The lowest BCUT2D eigenvalue weighted by atomic mass is 10.00.